The molecule has 1 aromatic rings. The van der Waals surface area contributed by atoms with Gasteiger partial charge in [0.15, 0.2) is 8.32 Å². The van der Waals surface area contributed by atoms with Crippen molar-refractivity contribution in [2.45, 2.75) is 77.5 Å². The molecule has 0 unspecified atom stereocenters. The van der Waals surface area contributed by atoms with E-state index in [9.17, 15) is 4.79 Å². The van der Waals surface area contributed by atoms with Crippen molar-refractivity contribution < 1.29 is 23.5 Å². The molecule has 0 bridgehead atoms. The van der Waals surface area contributed by atoms with Crippen molar-refractivity contribution in [2.75, 3.05) is 13.2 Å². The highest BCUT2D eigenvalue weighted by atomic mass is 79.9. The minimum absolute atomic E-state index is 0.0510. The minimum atomic E-state index is -1.93. The van der Waals surface area contributed by atoms with Crippen molar-refractivity contribution in [3.63, 3.8) is 0 Å². The van der Waals surface area contributed by atoms with Gasteiger partial charge >= 0.3 is 5.97 Å². The van der Waals surface area contributed by atoms with Crippen LogP contribution >= 0.6 is 15.9 Å². The van der Waals surface area contributed by atoms with Gasteiger partial charge in [0.2, 0.25) is 0 Å². The van der Waals surface area contributed by atoms with Gasteiger partial charge in [-0.2, -0.15) is 5.06 Å². The van der Waals surface area contributed by atoms with Crippen LogP contribution in [0.25, 0.3) is 0 Å². The lowest BCUT2D eigenvalue weighted by Gasteiger charge is -2.37. The topological polar surface area (TPSA) is 57.2 Å². The van der Waals surface area contributed by atoms with Crippen molar-refractivity contribution in [2.24, 2.45) is 5.92 Å². The fourth-order valence-electron chi connectivity index (χ4n) is 3.81. The van der Waals surface area contributed by atoms with E-state index in [2.05, 4.69) is 49.8 Å². The number of para-hydroxylation sites is 1. The minimum Gasteiger partial charge on any atom is -0.492 e. The van der Waals surface area contributed by atoms with Crippen molar-refractivity contribution in [1.29, 1.82) is 0 Å². The molecular weight excluding hydrogens is 466 g/mol. The first kappa shape index (κ1) is 23.7. The number of nitrogens with zero attached hydrogens (tertiary/aromatic N) is 1. The zero-order valence-electron chi connectivity index (χ0n) is 19.0. The molecule has 2 fully saturated rings. The van der Waals surface area contributed by atoms with Gasteiger partial charge in [0.05, 0.1) is 30.1 Å². The molecule has 0 radical (unpaired) electrons. The summed E-state index contributed by atoms with van der Waals surface area (Å²) < 4.78 is 18.7. The number of hydrogen-bond acceptors (Lipinski definition) is 6. The summed E-state index contributed by atoms with van der Waals surface area (Å²) in [5.74, 6) is 0.501. The molecule has 6 nitrogen and oxygen atoms in total. The lowest BCUT2D eigenvalue weighted by atomic mass is 9.93. The fraction of sp³-hybridized carbons (Fsp3) is 0.682. The van der Waals surface area contributed by atoms with Gasteiger partial charge in [0.25, 0.3) is 0 Å². The SMILES string of the molecule is CCOc1c(Br)cccc1CN1O[C@@H](CO[Si](C)(C)C(C)(C)C)[C@H]2[C@H](C)OC(=O)[C@H]21. The Hall–Kier alpha value is -0.933. The zero-order chi connectivity index (χ0) is 22.3. The van der Waals surface area contributed by atoms with Crippen LogP contribution in [0.1, 0.15) is 40.2 Å². The van der Waals surface area contributed by atoms with Crippen LogP contribution in [-0.4, -0.2) is 50.8 Å². The molecule has 30 heavy (non-hydrogen) atoms. The number of rotatable bonds is 7. The van der Waals surface area contributed by atoms with Gasteiger partial charge in [0.1, 0.15) is 24.0 Å². The second-order valence-corrected chi connectivity index (χ2v) is 15.3. The first-order valence-electron chi connectivity index (χ1n) is 10.6. The monoisotopic (exact) mass is 499 g/mol. The molecule has 2 saturated heterocycles. The maximum atomic E-state index is 12.6. The lowest BCUT2D eigenvalue weighted by molar-refractivity contribution is -0.195. The van der Waals surface area contributed by atoms with Crippen LogP contribution in [0.15, 0.2) is 22.7 Å². The first-order chi connectivity index (χ1) is 14.0. The van der Waals surface area contributed by atoms with Crippen LogP contribution in [0.3, 0.4) is 0 Å². The zero-order valence-corrected chi connectivity index (χ0v) is 21.6. The van der Waals surface area contributed by atoms with Gasteiger partial charge in [-0.05, 0) is 54.0 Å². The summed E-state index contributed by atoms with van der Waals surface area (Å²) in [6, 6.07) is 5.48. The summed E-state index contributed by atoms with van der Waals surface area (Å²) in [6.45, 7) is 16.5. The number of fused-ring (bicyclic) bond motifs is 1. The Balaban J connectivity index is 1.80. The van der Waals surface area contributed by atoms with Gasteiger partial charge in [-0.25, -0.2) is 0 Å². The van der Waals surface area contributed by atoms with Crippen LogP contribution in [0.5, 0.6) is 5.75 Å². The van der Waals surface area contributed by atoms with Crippen LogP contribution in [-0.2, 0) is 25.3 Å². The van der Waals surface area contributed by atoms with Crippen LogP contribution in [0.4, 0.5) is 0 Å². The molecule has 0 amide bonds. The molecule has 1 aromatic carbocycles. The number of hydrogen-bond donors (Lipinski definition) is 0. The molecule has 4 atom stereocenters. The molecule has 168 valence electrons. The maximum absolute atomic E-state index is 12.6. The molecular formula is C22H34BrNO5Si. The van der Waals surface area contributed by atoms with E-state index < -0.39 is 14.4 Å². The maximum Gasteiger partial charge on any atom is 0.326 e. The van der Waals surface area contributed by atoms with Crippen molar-refractivity contribution in [3.8, 4) is 5.75 Å². The van der Waals surface area contributed by atoms with E-state index in [-0.39, 0.29) is 29.1 Å². The number of hydroxylamine groups is 2. The fourth-order valence-corrected chi connectivity index (χ4v) is 5.34. The van der Waals surface area contributed by atoms with E-state index in [1.165, 1.54) is 0 Å². The van der Waals surface area contributed by atoms with Gasteiger partial charge in [0, 0.05) is 5.56 Å². The summed E-state index contributed by atoms with van der Waals surface area (Å²) in [5.41, 5.74) is 0.961. The van der Waals surface area contributed by atoms with E-state index in [0.29, 0.717) is 19.8 Å². The Kier molecular flexibility index (Phi) is 7.04. The third kappa shape index (κ3) is 4.62. The Morgan fingerprint density at radius 1 is 1.27 bits per heavy atom. The third-order valence-electron chi connectivity index (χ3n) is 6.54. The quantitative estimate of drug-likeness (QED) is 0.392. The highest BCUT2D eigenvalue weighted by molar-refractivity contribution is 9.10. The summed E-state index contributed by atoms with van der Waals surface area (Å²) in [5, 5.41) is 1.88. The molecule has 8 heteroatoms. The molecule has 0 spiro atoms. The number of carbonyl (C=O) groups is 1. The first-order valence-corrected chi connectivity index (χ1v) is 14.3. The standard InChI is InChI=1S/C22H34BrNO5Si/c1-8-26-20-15(10-9-11-16(20)23)12-24-19-18(14(2)28-21(19)25)17(29-24)13-27-30(6,7)22(3,4)5/h9-11,14,17-19H,8,12-13H2,1-7H3/t14-,17-,18+,19-/m0/s1. The molecule has 2 aliphatic heterocycles. The van der Waals surface area contributed by atoms with Crippen LogP contribution in [0, 0.1) is 5.92 Å². The Morgan fingerprint density at radius 2 is 1.97 bits per heavy atom. The van der Waals surface area contributed by atoms with E-state index in [0.717, 1.165) is 15.8 Å². The number of benzene rings is 1. The summed E-state index contributed by atoms with van der Waals surface area (Å²) in [7, 11) is -1.93. The highest BCUT2D eigenvalue weighted by Crippen LogP contribution is 2.42. The summed E-state index contributed by atoms with van der Waals surface area (Å²) in [6.07, 6.45) is -0.414. The van der Waals surface area contributed by atoms with Crippen LogP contribution in [0.2, 0.25) is 18.1 Å². The van der Waals surface area contributed by atoms with E-state index in [1.54, 1.807) is 5.06 Å². The lowest BCUT2D eigenvalue weighted by Crippen LogP contribution is -2.44. The van der Waals surface area contributed by atoms with Crippen molar-refractivity contribution >= 4 is 30.2 Å². The average Bonchev–Trinajstić information content (AvgIpc) is 3.14. The summed E-state index contributed by atoms with van der Waals surface area (Å²) >= 11 is 3.56. The van der Waals surface area contributed by atoms with Crippen molar-refractivity contribution in [1.82, 2.24) is 5.06 Å². The van der Waals surface area contributed by atoms with Crippen LogP contribution < -0.4 is 4.74 Å². The predicted octanol–water partition coefficient (Wildman–Crippen LogP) is 4.92. The van der Waals surface area contributed by atoms with Gasteiger partial charge in [-0.3, -0.25) is 9.63 Å². The largest absolute Gasteiger partial charge is 0.492 e. The number of esters is 1. The smallest absolute Gasteiger partial charge is 0.326 e. The van der Waals surface area contributed by atoms with Gasteiger partial charge in [-0.15, -0.1) is 0 Å². The van der Waals surface area contributed by atoms with Crippen molar-refractivity contribution in [3.05, 3.63) is 28.2 Å². The molecule has 3 rings (SSSR count). The number of cyclic esters (lactones) is 1. The van der Waals surface area contributed by atoms with E-state index in [4.69, 9.17) is 18.7 Å². The van der Waals surface area contributed by atoms with Gasteiger partial charge in [-0.1, -0.05) is 32.9 Å². The Morgan fingerprint density at radius 3 is 2.60 bits per heavy atom. The molecule has 0 saturated carbocycles. The predicted molar refractivity (Wildman–Crippen MR) is 122 cm³/mol. The molecule has 0 N–H and O–H groups in total. The Bertz CT molecular complexity index is 781. The third-order valence-corrected chi connectivity index (χ3v) is 11.7. The second-order valence-electron chi connectivity index (χ2n) is 9.62. The normalized spacial score (nSPS) is 27.3. The molecule has 0 aromatic heterocycles. The average molecular weight is 501 g/mol. The number of halogens is 1. The summed E-state index contributed by atoms with van der Waals surface area (Å²) in [4.78, 5) is 18.9. The molecule has 0 aliphatic carbocycles. The second kappa shape index (κ2) is 8.90. The van der Waals surface area contributed by atoms with Gasteiger partial charge < -0.3 is 13.9 Å². The Labute approximate surface area is 189 Å². The van der Waals surface area contributed by atoms with E-state index in [1.807, 2.05) is 32.0 Å². The number of ether oxygens (including phenoxy) is 2. The van der Waals surface area contributed by atoms with E-state index >= 15 is 0 Å². The number of carbonyl (C=O) groups excluding carboxylic acids is 1. The molecule has 2 heterocycles. The highest BCUT2D eigenvalue weighted by Gasteiger charge is 2.56. The molecule has 2 aliphatic rings.